The number of carbonyl (C=O) groups excluding carboxylic acids is 1. The molecule has 0 saturated heterocycles. The number of halogens is 3. The summed E-state index contributed by atoms with van der Waals surface area (Å²) in [6.45, 7) is 0.980. The van der Waals surface area contributed by atoms with Crippen molar-refractivity contribution in [3.05, 3.63) is 11.6 Å². The zero-order valence-corrected chi connectivity index (χ0v) is 8.24. The van der Waals surface area contributed by atoms with E-state index in [4.69, 9.17) is 0 Å². The number of hydrogen-bond acceptors (Lipinski definition) is 4. The van der Waals surface area contributed by atoms with Crippen molar-refractivity contribution in [3.8, 4) is 0 Å². The van der Waals surface area contributed by atoms with Crippen molar-refractivity contribution < 1.29 is 18.0 Å². The van der Waals surface area contributed by atoms with E-state index in [1.54, 1.807) is 4.90 Å². The fourth-order valence-corrected chi connectivity index (χ4v) is 1.68. The minimum atomic E-state index is -4.47. The SMILES string of the molecule is O=CCN1CCn2c(nnc2C(F)(F)F)C1. The molecule has 0 unspecified atom stereocenters. The van der Waals surface area contributed by atoms with Crippen LogP contribution in [-0.4, -0.2) is 39.0 Å². The highest BCUT2D eigenvalue weighted by Crippen LogP contribution is 2.29. The number of carbonyl (C=O) groups is 1. The first-order chi connectivity index (χ1) is 7.52. The van der Waals surface area contributed by atoms with E-state index in [0.717, 1.165) is 10.9 Å². The lowest BCUT2D eigenvalue weighted by Crippen LogP contribution is -2.36. The highest BCUT2D eigenvalue weighted by atomic mass is 19.4. The van der Waals surface area contributed by atoms with Gasteiger partial charge in [0.15, 0.2) is 0 Å². The zero-order chi connectivity index (χ0) is 11.8. The van der Waals surface area contributed by atoms with Gasteiger partial charge in [-0.1, -0.05) is 0 Å². The molecular weight excluding hydrogens is 225 g/mol. The summed E-state index contributed by atoms with van der Waals surface area (Å²) in [6, 6.07) is 0. The lowest BCUT2D eigenvalue weighted by molar-refractivity contribution is -0.148. The number of aldehydes is 1. The van der Waals surface area contributed by atoms with Gasteiger partial charge in [0, 0.05) is 13.1 Å². The minimum Gasteiger partial charge on any atom is -0.305 e. The van der Waals surface area contributed by atoms with E-state index in [2.05, 4.69) is 10.2 Å². The molecule has 5 nitrogen and oxygen atoms in total. The van der Waals surface area contributed by atoms with Crippen LogP contribution >= 0.6 is 0 Å². The largest absolute Gasteiger partial charge is 0.451 e. The Hall–Kier alpha value is -1.44. The summed E-state index contributed by atoms with van der Waals surface area (Å²) >= 11 is 0. The number of alkyl halides is 3. The second-order valence-corrected chi connectivity index (χ2v) is 3.49. The molecule has 16 heavy (non-hydrogen) atoms. The van der Waals surface area contributed by atoms with Crippen LogP contribution in [0.3, 0.4) is 0 Å². The fraction of sp³-hybridized carbons (Fsp3) is 0.625. The zero-order valence-electron chi connectivity index (χ0n) is 8.24. The van der Waals surface area contributed by atoms with E-state index >= 15 is 0 Å². The van der Waals surface area contributed by atoms with Gasteiger partial charge in [-0.05, 0) is 0 Å². The summed E-state index contributed by atoms with van der Waals surface area (Å²) in [4.78, 5) is 12.0. The molecule has 0 atom stereocenters. The minimum absolute atomic E-state index is 0.158. The van der Waals surface area contributed by atoms with Crippen LogP contribution in [0.4, 0.5) is 13.2 Å². The second-order valence-electron chi connectivity index (χ2n) is 3.49. The van der Waals surface area contributed by atoms with E-state index in [1.807, 2.05) is 0 Å². The Morgan fingerprint density at radius 3 is 2.69 bits per heavy atom. The molecule has 0 spiro atoms. The molecule has 0 N–H and O–H groups in total. The maximum Gasteiger partial charge on any atom is 0.451 e. The second kappa shape index (κ2) is 3.85. The molecular formula is C8H9F3N4O. The van der Waals surface area contributed by atoms with Crippen LogP contribution in [0, 0.1) is 0 Å². The summed E-state index contributed by atoms with van der Waals surface area (Å²) < 4.78 is 38.4. The Morgan fingerprint density at radius 1 is 1.31 bits per heavy atom. The quantitative estimate of drug-likeness (QED) is 0.691. The van der Waals surface area contributed by atoms with Gasteiger partial charge in [-0.2, -0.15) is 13.2 Å². The van der Waals surface area contributed by atoms with Crippen LogP contribution < -0.4 is 0 Å². The molecule has 0 fully saturated rings. The van der Waals surface area contributed by atoms with Crippen LogP contribution in [-0.2, 0) is 24.1 Å². The van der Waals surface area contributed by atoms with Gasteiger partial charge in [-0.25, -0.2) is 0 Å². The van der Waals surface area contributed by atoms with Crippen molar-refractivity contribution in [2.45, 2.75) is 19.3 Å². The summed E-state index contributed by atoms with van der Waals surface area (Å²) in [5, 5.41) is 6.63. The van der Waals surface area contributed by atoms with Crippen LogP contribution in [0.15, 0.2) is 0 Å². The van der Waals surface area contributed by atoms with E-state index in [1.165, 1.54) is 0 Å². The first kappa shape index (κ1) is 11.1. The third-order valence-corrected chi connectivity index (χ3v) is 2.42. The maximum atomic E-state index is 12.5. The van der Waals surface area contributed by atoms with Crippen LogP contribution in [0.1, 0.15) is 11.6 Å². The third kappa shape index (κ3) is 1.92. The molecule has 1 aliphatic heterocycles. The van der Waals surface area contributed by atoms with Crippen molar-refractivity contribution in [3.63, 3.8) is 0 Å². The summed E-state index contributed by atoms with van der Waals surface area (Å²) in [5.74, 6) is -0.714. The van der Waals surface area contributed by atoms with Gasteiger partial charge in [0.25, 0.3) is 0 Å². The predicted octanol–water partition coefficient (Wildman–Crippen LogP) is 0.311. The molecule has 2 rings (SSSR count). The molecule has 88 valence electrons. The van der Waals surface area contributed by atoms with Crippen molar-refractivity contribution >= 4 is 6.29 Å². The average molecular weight is 234 g/mol. The van der Waals surface area contributed by atoms with Crippen LogP contribution in [0.5, 0.6) is 0 Å². The smallest absolute Gasteiger partial charge is 0.305 e. The molecule has 0 saturated carbocycles. The van der Waals surface area contributed by atoms with Crippen LogP contribution in [0.2, 0.25) is 0 Å². The Bertz CT molecular complexity index is 400. The summed E-state index contributed by atoms with van der Waals surface area (Å²) in [5.41, 5.74) is 0. The van der Waals surface area contributed by atoms with Crippen molar-refractivity contribution in [1.82, 2.24) is 19.7 Å². The summed E-state index contributed by atoms with van der Waals surface area (Å²) in [6.07, 6.45) is -3.76. The molecule has 0 radical (unpaired) electrons. The molecule has 8 heteroatoms. The first-order valence-electron chi connectivity index (χ1n) is 4.67. The van der Waals surface area contributed by atoms with Gasteiger partial charge in [-0.3, -0.25) is 4.90 Å². The molecule has 1 aliphatic rings. The van der Waals surface area contributed by atoms with E-state index in [-0.39, 0.29) is 25.5 Å². The van der Waals surface area contributed by atoms with Crippen molar-refractivity contribution in [2.75, 3.05) is 13.1 Å². The van der Waals surface area contributed by atoms with Gasteiger partial charge in [-0.15, -0.1) is 10.2 Å². The number of hydrogen-bond donors (Lipinski definition) is 0. The Balaban J connectivity index is 2.23. The average Bonchev–Trinajstić information content (AvgIpc) is 2.60. The number of rotatable bonds is 2. The van der Waals surface area contributed by atoms with Gasteiger partial charge in [0.1, 0.15) is 12.1 Å². The molecule has 0 aliphatic carbocycles. The highest BCUT2D eigenvalue weighted by Gasteiger charge is 2.39. The van der Waals surface area contributed by atoms with E-state index in [0.29, 0.717) is 6.54 Å². The monoisotopic (exact) mass is 234 g/mol. The number of aromatic nitrogens is 3. The van der Waals surface area contributed by atoms with E-state index < -0.39 is 12.0 Å². The Morgan fingerprint density at radius 2 is 2.06 bits per heavy atom. The first-order valence-corrected chi connectivity index (χ1v) is 4.67. The van der Waals surface area contributed by atoms with Crippen molar-refractivity contribution in [1.29, 1.82) is 0 Å². The molecule has 0 aromatic carbocycles. The molecule has 0 bridgehead atoms. The van der Waals surface area contributed by atoms with Crippen molar-refractivity contribution in [2.24, 2.45) is 0 Å². The fourth-order valence-electron chi connectivity index (χ4n) is 1.68. The third-order valence-electron chi connectivity index (χ3n) is 2.42. The van der Waals surface area contributed by atoms with Crippen LogP contribution in [0.25, 0.3) is 0 Å². The normalized spacial score (nSPS) is 17.2. The molecule has 1 aromatic rings. The number of fused-ring (bicyclic) bond motifs is 1. The van der Waals surface area contributed by atoms with Gasteiger partial charge in [0.2, 0.25) is 5.82 Å². The predicted molar refractivity (Wildman–Crippen MR) is 46.4 cm³/mol. The van der Waals surface area contributed by atoms with E-state index in [9.17, 15) is 18.0 Å². The molecule has 2 heterocycles. The standard InChI is InChI=1S/C8H9F3N4O/c9-8(10,11)7-13-12-6-5-14(3-4-16)1-2-15(6)7/h4H,1-3,5H2. The highest BCUT2D eigenvalue weighted by molar-refractivity contribution is 5.51. The maximum absolute atomic E-state index is 12.5. The summed E-state index contributed by atoms with van der Waals surface area (Å²) in [7, 11) is 0. The number of nitrogens with zero attached hydrogens (tertiary/aromatic N) is 4. The lowest BCUT2D eigenvalue weighted by Gasteiger charge is -2.25. The van der Waals surface area contributed by atoms with Gasteiger partial charge >= 0.3 is 6.18 Å². The topological polar surface area (TPSA) is 51.0 Å². The Labute approximate surface area is 88.9 Å². The van der Waals surface area contributed by atoms with Gasteiger partial charge in [0.05, 0.1) is 13.1 Å². The van der Waals surface area contributed by atoms with Gasteiger partial charge < -0.3 is 9.36 Å². The Kier molecular flexibility index (Phi) is 2.66. The molecule has 1 aromatic heterocycles. The lowest BCUT2D eigenvalue weighted by atomic mass is 10.3. The molecule has 0 amide bonds.